The fourth-order valence-corrected chi connectivity index (χ4v) is 2.49. The number of benzene rings is 2. The molecule has 0 radical (unpaired) electrons. The van der Waals surface area contributed by atoms with E-state index in [9.17, 15) is 4.79 Å². The van der Waals surface area contributed by atoms with Gasteiger partial charge in [-0.1, -0.05) is 42.5 Å². The van der Waals surface area contributed by atoms with Crippen molar-refractivity contribution in [3.63, 3.8) is 0 Å². The maximum absolute atomic E-state index is 12.1. The number of carbonyl (C=O) groups is 1. The van der Waals surface area contributed by atoms with Crippen LogP contribution < -0.4 is 4.90 Å². The summed E-state index contributed by atoms with van der Waals surface area (Å²) in [5.74, 6) is -0.141. The van der Waals surface area contributed by atoms with E-state index in [-0.39, 0.29) is 12.0 Å². The third kappa shape index (κ3) is 3.30. The summed E-state index contributed by atoms with van der Waals surface area (Å²) in [4.78, 5) is 14.2. The van der Waals surface area contributed by atoms with Gasteiger partial charge in [0.15, 0.2) is 0 Å². The van der Waals surface area contributed by atoms with Crippen LogP contribution in [0.15, 0.2) is 54.6 Å². The van der Waals surface area contributed by atoms with Crippen molar-refractivity contribution >= 4 is 11.7 Å². The van der Waals surface area contributed by atoms with Gasteiger partial charge in [-0.25, -0.2) is 4.79 Å². The molecule has 1 unspecified atom stereocenters. The van der Waals surface area contributed by atoms with Gasteiger partial charge in [-0.3, -0.25) is 0 Å². The number of anilines is 1. The van der Waals surface area contributed by atoms with E-state index in [0.717, 1.165) is 17.8 Å². The molecule has 0 aromatic heterocycles. The maximum Gasteiger partial charge on any atom is 0.331 e. The molecular weight excluding hydrogens is 274 g/mol. The lowest BCUT2D eigenvalue weighted by atomic mass is 10.1. The van der Waals surface area contributed by atoms with E-state index in [1.54, 1.807) is 0 Å². The van der Waals surface area contributed by atoms with Crippen molar-refractivity contribution in [3.05, 3.63) is 54.6 Å². The quantitative estimate of drug-likeness (QED) is 0.635. The number of rotatable bonds is 3. The van der Waals surface area contributed by atoms with Crippen LogP contribution in [-0.4, -0.2) is 24.2 Å². The van der Waals surface area contributed by atoms with E-state index in [4.69, 9.17) is 4.74 Å². The Labute approximate surface area is 131 Å². The lowest BCUT2D eigenvalue weighted by Gasteiger charge is -2.19. The highest BCUT2D eigenvalue weighted by Crippen LogP contribution is 2.32. The highest BCUT2D eigenvalue weighted by Gasteiger charge is 2.43. The number of nitrogens with zero attached hydrogens (tertiary/aromatic N) is 1. The van der Waals surface area contributed by atoms with Crippen LogP contribution in [0.2, 0.25) is 0 Å². The SMILES string of the molecule is CC(C)(C)OC(=O)C1CN1c1cccc(-c2ccccc2)c1. The molecule has 1 saturated heterocycles. The lowest BCUT2D eigenvalue weighted by molar-refractivity contribution is -0.153. The van der Waals surface area contributed by atoms with E-state index >= 15 is 0 Å². The summed E-state index contributed by atoms with van der Waals surface area (Å²) in [6, 6.07) is 18.4. The van der Waals surface area contributed by atoms with Crippen molar-refractivity contribution in [3.8, 4) is 11.1 Å². The molecule has 1 atom stereocenters. The lowest BCUT2D eigenvalue weighted by Crippen LogP contribution is -2.28. The zero-order valence-corrected chi connectivity index (χ0v) is 13.2. The Hall–Kier alpha value is -2.29. The summed E-state index contributed by atoms with van der Waals surface area (Å²) in [7, 11) is 0. The molecule has 0 bridgehead atoms. The molecule has 1 aliphatic rings. The molecule has 0 amide bonds. The smallest absolute Gasteiger partial charge is 0.331 e. The van der Waals surface area contributed by atoms with Crippen LogP contribution in [0.1, 0.15) is 20.8 Å². The van der Waals surface area contributed by atoms with Crippen LogP contribution >= 0.6 is 0 Å². The second kappa shape index (κ2) is 5.48. The molecule has 3 heteroatoms. The minimum atomic E-state index is -0.433. The fraction of sp³-hybridized carbons (Fsp3) is 0.316. The molecule has 1 heterocycles. The Kier molecular flexibility index (Phi) is 3.65. The van der Waals surface area contributed by atoms with Gasteiger partial charge in [-0.05, 0) is 44.0 Å². The van der Waals surface area contributed by atoms with Crippen LogP contribution in [0.5, 0.6) is 0 Å². The van der Waals surface area contributed by atoms with Crippen LogP contribution in [0.25, 0.3) is 11.1 Å². The number of carbonyl (C=O) groups excluding carboxylic acids is 1. The van der Waals surface area contributed by atoms with E-state index in [1.165, 1.54) is 5.56 Å². The molecule has 0 saturated carbocycles. The van der Waals surface area contributed by atoms with E-state index in [0.29, 0.717) is 0 Å². The van der Waals surface area contributed by atoms with Crippen molar-refractivity contribution in [1.82, 2.24) is 0 Å². The molecule has 3 rings (SSSR count). The molecule has 1 aliphatic heterocycles. The highest BCUT2D eigenvalue weighted by atomic mass is 16.6. The molecule has 0 aliphatic carbocycles. The second-order valence-electron chi connectivity index (χ2n) is 6.62. The molecule has 0 spiro atoms. The minimum absolute atomic E-state index is 0.141. The Morgan fingerprint density at radius 1 is 1.05 bits per heavy atom. The largest absolute Gasteiger partial charge is 0.458 e. The highest BCUT2D eigenvalue weighted by molar-refractivity contribution is 5.87. The van der Waals surface area contributed by atoms with Gasteiger partial charge in [0.2, 0.25) is 0 Å². The molecule has 3 nitrogen and oxygen atoms in total. The van der Waals surface area contributed by atoms with Gasteiger partial charge >= 0.3 is 5.97 Å². The average molecular weight is 295 g/mol. The van der Waals surface area contributed by atoms with Gasteiger partial charge in [-0.2, -0.15) is 0 Å². The van der Waals surface area contributed by atoms with Gasteiger partial charge in [0, 0.05) is 5.69 Å². The van der Waals surface area contributed by atoms with E-state index in [1.807, 2.05) is 51.1 Å². The zero-order valence-electron chi connectivity index (χ0n) is 13.2. The first-order valence-electron chi connectivity index (χ1n) is 7.59. The van der Waals surface area contributed by atoms with Crippen molar-refractivity contribution in [1.29, 1.82) is 0 Å². The molecular formula is C19H21NO2. The summed E-state index contributed by atoms with van der Waals surface area (Å²) in [6.07, 6.45) is 0. The molecule has 2 aromatic carbocycles. The van der Waals surface area contributed by atoms with E-state index in [2.05, 4.69) is 29.2 Å². The van der Waals surface area contributed by atoms with Gasteiger partial charge in [0.1, 0.15) is 11.6 Å². The topological polar surface area (TPSA) is 29.3 Å². The molecule has 2 aromatic rings. The maximum atomic E-state index is 12.1. The van der Waals surface area contributed by atoms with Crippen molar-refractivity contribution in [2.45, 2.75) is 32.4 Å². The van der Waals surface area contributed by atoms with Crippen LogP contribution in [0.4, 0.5) is 5.69 Å². The van der Waals surface area contributed by atoms with Crippen LogP contribution in [-0.2, 0) is 9.53 Å². The predicted octanol–water partition coefficient (Wildman–Crippen LogP) is 3.88. The second-order valence-corrected chi connectivity index (χ2v) is 6.62. The first-order chi connectivity index (χ1) is 10.4. The minimum Gasteiger partial charge on any atom is -0.458 e. The fourth-order valence-electron chi connectivity index (χ4n) is 2.49. The monoisotopic (exact) mass is 295 g/mol. The number of hydrogen-bond acceptors (Lipinski definition) is 3. The molecule has 114 valence electrons. The molecule has 1 fully saturated rings. The van der Waals surface area contributed by atoms with Crippen LogP contribution in [0, 0.1) is 0 Å². The van der Waals surface area contributed by atoms with Crippen molar-refractivity contribution in [2.24, 2.45) is 0 Å². The average Bonchev–Trinajstić information content (AvgIpc) is 3.27. The van der Waals surface area contributed by atoms with Crippen LogP contribution in [0.3, 0.4) is 0 Å². The first kappa shape index (κ1) is 14.6. The Morgan fingerprint density at radius 2 is 1.73 bits per heavy atom. The summed E-state index contributed by atoms with van der Waals surface area (Å²) in [5, 5.41) is 0. The van der Waals surface area contributed by atoms with Gasteiger partial charge < -0.3 is 9.64 Å². The zero-order chi connectivity index (χ0) is 15.7. The standard InChI is InChI=1S/C19H21NO2/c1-19(2,3)22-18(21)17-13-20(17)16-11-7-10-15(12-16)14-8-5-4-6-9-14/h4-12,17H,13H2,1-3H3. The third-order valence-corrected chi connectivity index (χ3v) is 3.58. The molecule has 0 N–H and O–H groups in total. The van der Waals surface area contributed by atoms with Crippen molar-refractivity contribution in [2.75, 3.05) is 11.4 Å². The summed E-state index contributed by atoms with van der Waals surface area (Å²) < 4.78 is 5.45. The normalized spacial score (nSPS) is 17.2. The number of esters is 1. The van der Waals surface area contributed by atoms with Gasteiger partial charge in [0.25, 0.3) is 0 Å². The summed E-state index contributed by atoms with van der Waals surface area (Å²) in [6.45, 7) is 6.42. The summed E-state index contributed by atoms with van der Waals surface area (Å²) in [5.41, 5.74) is 2.97. The van der Waals surface area contributed by atoms with Gasteiger partial charge in [0.05, 0.1) is 6.54 Å². The summed E-state index contributed by atoms with van der Waals surface area (Å²) >= 11 is 0. The van der Waals surface area contributed by atoms with E-state index < -0.39 is 5.60 Å². The third-order valence-electron chi connectivity index (χ3n) is 3.58. The van der Waals surface area contributed by atoms with Gasteiger partial charge in [-0.15, -0.1) is 0 Å². The predicted molar refractivity (Wildman–Crippen MR) is 88.9 cm³/mol. The first-order valence-corrected chi connectivity index (χ1v) is 7.59. The Bertz CT molecular complexity index is 673. The Balaban J connectivity index is 1.74. The molecule has 22 heavy (non-hydrogen) atoms. The number of hydrogen-bond donors (Lipinski definition) is 0. The Morgan fingerprint density at radius 3 is 2.41 bits per heavy atom. The van der Waals surface area contributed by atoms with Crippen molar-refractivity contribution < 1.29 is 9.53 Å². The number of ether oxygens (including phenoxy) is 1.